The van der Waals surface area contributed by atoms with Crippen molar-refractivity contribution in [1.29, 1.82) is 5.41 Å². The van der Waals surface area contributed by atoms with Crippen LogP contribution in [-0.4, -0.2) is 11.7 Å². The number of nitrogens with two attached hydrogens (primary N) is 1. The molecule has 1 aliphatic heterocycles. The Kier molecular flexibility index (Phi) is 6.63. The van der Waals surface area contributed by atoms with Gasteiger partial charge in [-0.25, -0.2) is 4.99 Å². The van der Waals surface area contributed by atoms with E-state index in [9.17, 15) is 26.3 Å². The molecule has 0 spiro atoms. The van der Waals surface area contributed by atoms with Crippen LogP contribution in [0.2, 0.25) is 0 Å². The van der Waals surface area contributed by atoms with E-state index >= 15 is 0 Å². The van der Waals surface area contributed by atoms with Gasteiger partial charge in [0.1, 0.15) is 5.84 Å². The SMILES string of the molecule is CCCCCC(C)(C)c1ccc2cc3c(c(-c4cc(C(F)(F)F)cc(C(F)(F)F)c4)c2c1)C(N)=NC3=N. The van der Waals surface area contributed by atoms with Crippen molar-refractivity contribution < 1.29 is 26.3 Å². The molecule has 3 N–H and O–H groups in total. The quantitative estimate of drug-likeness (QED) is 0.249. The van der Waals surface area contributed by atoms with E-state index in [0.29, 0.717) is 22.9 Å². The first-order valence-electron chi connectivity index (χ1n) is 12.0. The molecule has 0 atom stereocenters. The fraction of sp³-hybridized carbons (Fsp3) is 0.357. The number of rotatable bonds is 6. The molecular weight excluding hydrogens is 492 g/mol. The highest BCUT2D eigenvalue weighted by Crippen LogP contribution is 2.44. The van der Waals surface area contributed by atoms with Crippen molar-refractivity contribution in [2.45, 2.75) is 64.2 Å². The Morgan fingerprint density at radius 3 is 2.00 bits per heavy atom. The van der Waals surface area contributed by atoms with Crippen LogP contribution in [0.5, 0.6) is 0 Å². The fourth-order valence-corrected chi connectivity index (χ4v) is 4.87. The second-order valence-electron chi connectivity index (χ2n) is 10.1. The zero-order valence-electron chi connectivity index (χ0n) is 20.7. The van der Waals surface area contributed by atoms with Gasteiger partial charge in [0, 0.05) is 16.7 Å². The van der Waals surface area contributed by atoms with Crippen molar-refractivity contribution in [3.63, 3.8) is 0 Å². The molecule has 0 aliphatic carbocycles. The van der Waals surface area contributed by atoms with Gasteiger partial charge in [0.25, 0.3) is 0 Å². The van der Waals surface area contributed by atoms with Crippen molar-refractivity contribution >= 4 is 22.4 Å². The molecule has 4 rings (SSSR count). The minimum Gasteiger partial charge on any atom is -0.383 e. The van der Waals surface area contributed by atoms with Crippen LogP contribution < -0.4 is 5.73 Å². The van der Waals surface area contributed by atoms with Gasteiger partial charge in [-0.2, -0.15) is 26.3 Å². The van der Waals surface area contributed by atoms with Gasteiger partial charge in [-0.05, 0) is 64.1 Å². The third-order valence-corrected chi connectivity index (χ3v) is 6.95. The van der Waals surface area contributed by atoms with Crippen molar-refractivity contribution in [1.82, 2.24) is 0 Å². The van der Waals surface area contributed by atoms with Crippen LogP contribution in [0.1, 0.15) is 74.3 Å². The van der Waals surface area contributed by atoms with Gasteiger partial charge in [0.2, 0.25) is 0 Å². The summed E-state index contributed by atoms with van der Waals surface area (Å²) in [4.78, 5) is 3.96. The molecule has 0 saturated heterocycles. The minimum absolute atomic E-state index is 0.108. The van der Waals surface area contributed by atoms with Crippen LogP contribution in [0, 0.1) is 5.41 Å². The van der Waals surface area contributed by atoms with Crippen LogP contribution in [0.25, 0.3) is 21.9 Å². The van der Waals surface area contributed by atoms with Gasteiger partial charge in [0.15, 0.2) is 5.84 Å². The lowest BCUT2D eigenvalue weighted by molar-refractivity contribution is -0.143. The number of hydrogen-bond acceptors (Lipinski definition) is 2. The van der Waals surface area contributed by atoms with E-state index in [1.165, 1.54) is 0 Å². The van der Waals surface area contributed by atoms with Gasteiger partial charge in [-0.3, -0.25) is 5.41 Å². The Hall–Kier alpha value is -3.36. The average molecular weight is 520 g/mol. The summed E-state index contributed by atoms with van der Waals surface area (Å²) in [6.45, 7) is 6.23. The highest BCUT2D eigenvalue weighted by molar-refractivity contribution is 6.27. The van der Waals surface area contributed by atoms with Gasteiger partial charge >= 0.3 is 12.4 Å². The molecule has 9 heteroatoms. The van der Waals surface area contributed by atoms with E-state index in [4.69, 9.17) is 11.1 Å². The van der Waals surface area contributed by atoms with Crippen LogP contribution >= 0.6 is 0 Å². The Bertz CT molecular complexity index is 1380. The number of nitrogens with zero attached hydrogens (tertiary/aromatic N) is 1. The first-order valence-corrected chi connectivity index (χ1v) is 12.0. The van der Waals surface area contributed by atoms with E-state index in [1.807, 2.05) is 12.1 Å². The van der Waals surface area contributed by atoms with Crippen LogP contribution in [-0.2, 0) is 17.8 Å². The van der Waals surface area contributed by atoms with E-state index in [1.54, 1.807) is 12.1 Å². The molecule has 0 bridgehead atoms. The zero-order chi connectivity index (χ0) is 27.3. The number of halogens is 6. The molecule has 0 fully saturated rings. The number of fused-ring (bicyclic) bond motifs is 2. The Morgan fingerprint density at radius 1 is 0.811 bits per heavy atom. The molecule has 1 aliphatic rings. The first-order chi connectivity index (χ1) is 17.1. The highest BCUT2D eigenvalue weighted by atomic mass is 19.4. The highest BCUT2D eigenvalue weighted by Gasteiger charge is 2.38. The second kappa shape index (κ2) is 9.19. The summed E-state index contributed by atoms with van der Waals surface area (Å²) >= 11 is 0. The number of unbranched alkanes of at least 4 members (excludes halogenated alkanes) is 2. The summed E-state index contributed by atoms with van der Waals surface area (Å²) in [6, 6.07) is 8.70. The molecule has 0 amide bonds. The Balaban J connectivity index is 2.06. The smallest absolute Gasteiger partial charge is 0.383 e. The van der Waals surface area contributed by atoms with Crippen LogP contribution in [0.3, 0.4) is 0 Å². The maximum absolute atomic E-state index is 13.7. The zero-order valence-corrected chi connectivity index (χ0v) is 20.7. The Morgan fingerprint density at radius 2 is 1.43 bits per heavy atom. The van der Waals surface area contributed by atoms with E-state index in [2.05, 4.69) is 25.8 Å². The van der Waals surface area contributed by atoms with Gasteiger partial charge in [-0.15, -0.1) is 0 Å². The summed E-state index contributed by atoms with van der Waals surface area (Å²) in [5.41, 5.74) is 4.15. The van der Waals surface area contributed by atoms with Gasteiger partial charge in [-0.1, -0.05) is 52.2 Å². The Labute approximate surface area is 210 Å². The largest absolute Gasteiger partial charge is 0.416 e. The summed E-state index contributed by atoms with van der Waals surface area (Å²) in [5, 5.41) is 9.22. The topological polar surface area (TPSA) is 62.2 Å². The molecular formula is C28H27F6N3. The van der Waals surface area contributed by atoms with Crippen molar-refractivity contribution in [2.24, 2.45) is 10.7 Å². The molecule has 37 heavy (non-hydrogen) atoms. The maximum atomic E-state index is 13.7. The summed E-state index contributed by atoms with van der Waals surface area (Å²) in [5.74, 6) is -0.307. The maximum Gasteiger partial charge on any atom is 0.416 e. The number of nitrogens with one attached hydrogen (secondary N) is 1. The molecule has 3 aromatic carbocycles. The lowest BCUT2D eigenvalue weighted by Gasteiger charge is -2.26. The molecule has 3 aromatic rings. The van der Waals surface area contributed by atoms with Crippen molar-refractivity contribution in [2.75, 3.05) is 0 Å². The third kappa shape index (κ3) is 5.08. The number of hydrogen-bond donors (Lipinski definition) is 2. The predicted molar refractivity (Wildman–Crippen MR) is 134 cm³/mol. The van der Waals surface area contributed by atoms with Gasteiger partial charge < -0.3 is 5.73 Å². The van der Waals surface area contributed by atoms with Crippen molar-refractivity contribution in [3.8, 4) is 11.1 Å². The molecule has 0 aromatic heterocycles. The summed E-state index contributed by atoms with van der Waals surface area (Å²) in [7, 11) is 0. The molecule has 196 valence electrons. The number of alkyl halides is 6. The predicted octanol–water partition coefficient (Wildman–Crippen LogP) is 8.45. The standard InChI is InChI=1S/C28H27F6N3/c1-4-5-6-9-26(2,3)17-8-7-15-12-21-23(25(36)37-24(21)35)22(20(15)14-17)16-10-18(27(29,30)31)13-19(11-16)28(32,33)34/h7-8,10-14H,4-6,9H2,1-3H3,(H3,35,36,37). The van der Waals surface area contributed by atoms with E-state index < -0.39 is 23.5 Å². The number of amidine groups is 2. The first kappa shape index (κ1) is 26.7. The summed E-state index contributed by atoms with van der Waals surface area (Å²) in [6.07, 6.45) is -6.05. The monoisotopic (exact) mass is 519 g/mol. The second-order valence-corrected chi connectivity index (χ2v) is 10.1. The van der Waals surface area contributed by atoms with Crippen LogP contribution in [0.4, 0.5) is 26.3 Å². The molecule has 1 heterocycles. The van der Waals surface area contributed by atoms with Gasteiger partial charge in [0.05, 0.1) is 11.1 Å². The number of benzene rings is 3. The normalized spacial score (nSPS) is 14.3. The fourth-order valence-electron chi connectivity index (χ4n) is 4.87. The average Bonchev–Trinajstić information content (AvgIpc) is 3.08. The summed E-state index contributed by atoms with van der Waals surface area (Å²) < 4.78 is 82.2. The molecule has 0 unspecified atom stereocenters. The number of aliphatic imine (C=N–C) groups is 1. The lowest BCUT2D eigenvalue weighted by atomic mass is 9.78. The lowest BCUT2D eigenvalue weighted by Crippen LogP contribution is -2.17. The molecule has 0 radical (unpaired) electrons. The van der Waals surface area contributed by atoms with Crippen molar-refractivity contribution in [3.05, 3.63) is 70.3 Å². The van der Waals surface area contributed by atoms with E-state index in [0.717, 1.165) is 31.2 Å². The van der Waals surface area contributed by atoms with E-state index in [-0.39, 0.29) is 45.4 Å². The third-order valence-electron chi connectivity index (χ3n) is 6.95. The van der Waals surface area contributed by atoms with Crippen LogP contribution in [0.15, 0.2) is 47.5 Å². The molecule has 3 nitrogen and oxygen atoms in total. The molecule has 0 saturated carbocycles. The minimum atomic E-state index is -5.00.